The van der Waals surface area contributed by atoms with Gasteiger partial charge in [0.2, 0.25) is 0 Å². The Morgan fingerprint density at radius 3 is 2.41 bits per heavy atom. The molecule has 0 fully saturated rings. The summed E-state index contributed by atoms with van der Waals surface area (Å²) in [6.45, 7) is 0. The third kappa shape index (κ3) is 3.95. The largest absolute Gasteiger partial charge is 0.573 e. The Morgan fingerprint density at radius 1 is 1.41 bits per heavy atom. The minimum absolute atomic E-state index is 0.109. The molecule has 0 saturated carbocycles. The summed E-state index contributed by atoms with van der Waals surface area (Å²) in [5, 5.41) is -0.661. The highest BCUT2D eigenvalue weighted by Gasteiger charge is 2.33. The van der Waals surface area contributed by atoms with Gasteiger partial charge in [0.05, 0.1) is 11.3 Å². The standard InChI is InChI=1S/C8H4BrClF5NO/c9-2-4-5(17-8(13,14)15)1-3(7(11)12)6(10)16-4/h1,7H,2H2. The van der Waals surface area contributed by atoms with Crippen LogP contribution in [0.3, 0.4) is 0 Å². The molecule has 0 atom stereocenters. The van der Waals surface area contributed by atoms with Gasteiger partial charge in [-0.2, -0.15) is 0 Å². The molecule has 0 saturated heterocycles. The lowest BCUT2D eigenvalue weighted by molar-refractivity contribution is -0.275. The lowest BCUT2D eigenvalue weighted by Gasteiger charge is -2.13. The average molecular weight is 340 g/mol. The van der Waals surface area contributed by atoms with E-state index in [1.54, 1.807) is 0 Å². The van der Waals surface area contributed by atoms with Crippen LogP contribution in [0.2, 0.25) is 5.15 Å². The highest BCUT2D eigenvalue weighted by atomic mass is 79.9. The number of pyridine rings is 1. The fourth-order valence-electron chi connectivity index (χ4n) is 0.984. The van der Waals surface area contributed by atoms with Crippen LogP contribution in [0.1, 0.15) is 17.7 Å². The maximum atomic E-state index is 12.4. The quantitative estimate of drug-likeness (QED) is 0.460. The maximum absolute atomic E-state index is 12.4. The molecule has 1 aromatic heterocycles. The van der Waals surface area contributed by atoms with Gasteiger partial charge in [0.25, 0.3) is 6.43 Å². The fraction of sp³-hybridized carbons (Fsp3) is 0.375. The Hall–Kier alpha value is -0.630. The Bertz CT molecular complexity index is 412. The first kappa shape index (κ1) is 14.4. The van der Waals surface area contributed by atoms with Crippen molar-refractivity contribution in [1.82, 2.24) is 4.98 Å². The van der Waals surface area contributed by atoms with E-state index in [9.17, 15) is 22.0 Å². The molecule has 2 nitrogen and oxygen atoms in total. The van der Waals surface area contributed by atoms with Crippen LogP contribution >= 0.6 is 27.5 Å². The van der Waals surface area contributed by atoms with Crippen LogP contribution in [0.5, 0.6) is 5.75 Å². The molecule has 0 bridgehead atoms. The first-order chi connectivity index (χ1) is 7.74. The van der Waals surface area contributed by atoms with Gasteiger partial charge in [-0.15, -0.1) is 13.2 Å². The molecule has 17 heavy (non-hydrogen) atoms. The third-order valence-electron chi connectivity index (χ3n) is 1.63. The first-order valence-electron chi connectivity index (χ1n) is 4.03. The van der Waals surface area contributed by atoms with Gasteiger partial charge in [-0.1, -0.05) is 27.5 Å². The number of halogens is 7. The molecule has 1 rings (SSSR count). The molecule has 0 amide bonds. The van der Waals surface area contributed by atoms with Crippen molar-refractivity contribution >= 4 is 27.5 Å². The summed E-state index contributed by atoms with van der Waals surface area (Å²) in [5.74, 6) is -0.797. The number of nitrogens with zero attached hydrogens (tertiary/aromatic N) is 1. The van der Waals surface area contributed by atoms with Crippen LogP contribution in [0, 0.1) is 0 Å². The number of hydrogen-bond donors (Lipinski definition) is 0. The summed E-state index contributed by atoms with van der Waals surface area (Å²) < 4.78 is 64.4. The van der Waals surface area contributed by atoms with E-state index in [-0.39, 0.29) is 11.0 Å². The van der Waals surface area contributed by atoms with E-state index in [0.717, 1.165) is 0 Å². The van der Waals surface area contributed by atoms with Gasteiger partial charge >= 0.3 is 6.36 Å². The van der Waals surface area contributed by atoms with Crippen LogP contribution in [0.15, 0.2) is 6.07 Å². The van der Waals surface area contributed by atoms with Gasteiger partial charge in [-0.3, -0.25) is 0 Å². The summed E-state index contributed by atoms with van der Waals surface area (Å²) >= 11 is 8.25. The van der Waals surface area contributed by atoms with Crippen molar-refractivity contribution in [3.8, 4) is 5.75 Å². The van der Waals surface area contributed by atoms with E-state index < -0.39 is 29.3 Å². The van der Waals surface area contributed by atoms with E-state index in [1.807, 2.05) is 0 Å². The highest BCUT2D eigenvalue weighted by molar-refractivity contribution is 9.08. The second-order valence-electron chi connectivity index (χ2n) is 2.80. The van der Waals surface area contributed by atoms with Crippen molar-refractivity contribution < 1.29 is 26.7 Å². The first-order valence-corrected chi connectivity index (χ1v) is 5.53. The van der Waals surface area contributed by atoms with Gasteiger partial charge in [0.1, 0.15) is 5.15 Å². The summed E-state index contributed by atoms with van der Waals surface area (Å²) in [4.78, 5) is 3.41. The average Bonchev–Trinajstić information content (AvgIpc) is 2.17. The molecule has 0 aliphatic rings. The Labute approximate surface area is 106 Å². The van der Waals surface area contributed by atoms with E-state index in [4.69, 9.17) is 11.6 Å². The van der Waals surface area contributed by atoms with Gasteiger partial charge < -0.3 is 4.74 Å². The molecular weight excluding hydrogens is 336 g/mol. The normalized spacial score (nSPS) is 12.0. The van der Waals surface area contributed by atoms with Crippen molar-refractivity contribution in [3.63, 3.8) is 0 Å². The topological polar surface area (TPSA) is 22.1 Å². The van der Waals surface area contributed by atoms with Gasteiger partial charge in [0.15, 0.2) is 5.75 Å². The molecule has 0 aliphatic carbocycles. The smallest absolute Gasteiger partial charge is 0.404 e. The van der Waals surface area contributed by atoms with E-state index in [0.29, 0.717) is 6.07 Å². The lowest BCUT2D eigenvalue weighted by atomic mass is 10.2. The molecule has 96 valence electrons. The van der Waals surface area contributed by atoms with Crippen molar-refractivity contribution in [1.29, 1.82) is 0 Å². The molecule has 0 N–H and O–H groups in total. The van der Waals surface area contributed by atoms with E-state index >= 15 is 0 Å². The van der Waals surface area contributed by atoms with Crippen LogP contribution in [0.4, 0.5) is 22.0 Å². The minimum Gasteiger partial charge on any atom is -0.404 e. The zero-order valence-electron chi connectivity index (χ0n) is 7.86. The van der Waals surface area contributed by atoms with E-state index in [1.165, 1.54) is 0 Å². The van der Waals surface area contributed by atoms with Crippen molar-refractivity contribution in [2.24, 2.45) is 0 Å². The van der Waals surface area contributed by atoms with E-state index in [2.05, 4.69) is 25.7 Å². The van der Waals surface area contributed by atoms with Gasteiger partial charge in [-0.05, 0) is 6.07 Å². The van der Waals surface area contributed by atoms with Crippen molar-refractivity contribution in [3.05, 3.63) is 22.5 Å². The monoisotopic (exact) mass is 339 g/mol. The summed E-state index contributed by atoms with van der Waals surface area (Å²) in [5.41, 5.74) is -1.02. The van der Waals surface area contributed by atoms with Crippen LogP contribution in [0.25, 0.3) is 0 Å². The second kappa shape index (κ2) is 5.34. The maximum Gasteiger partial charge on any atom is 0.573 e. The lowest BCUT2D eigenvalue weighted by Crippen LogP contribution is -2.18. The zero-order valence-corrected chi connectivity index (χ0v) is 10.2. The Kier molecular flexibility index (Phi) is 4.54. The predicted molar refractivity (Wildman–Crippen MR) is 53.5 cm³/mol. The number of rotatable bonds is 3. The number of ether oxygens (including phenoxy) is 1. The Morgan fingerprint density at radius 2 is 2.00 bits per heavy atom. The fourth-order valence-corrected chi connectivity index (χ4v) is 1.62. The van der Waals surface area contributed by atoms with Crippen molar-refractivity contribution in [2.75, 3.05) is 0 Å². The van der Waals surface area contributed by atoms with Crippen LogP contribution < -0.4 is 4.74 Å². The number of aromatic nitrogens is 1. The Balaban J connectivity index is 3.22. The zero-order chi connectivity index (χ0) is 13.2. The predicted octanol–water partition coefficient (Wildman–Crippen LogP) is 4.47. The van der Waals surface area contributed by atoms with Crippen LogP contribution in [-0.2, 0) is 5.33 Å². The third-order valence-corrected chi connectivity index (χ3v) is 2.46. The molecule has 0 radical (unpaired) electrons. The number of hydrogen-bond acceptors (Lipinski definition) is 2. The molecule has 0 aromatic carbocycles. The molecule has 9 heteroatoms. The van der Waals surface area contributed by atoms with Crippen LogP contribution in [-0.4, -0.2) is 11.3 Å². The molecule has 1 heterocycles. The summed E-state index contributed by atoms with van der Waals surface area (Å²) in [6.07, 6.45) is -8.01. The second-order valence-corrected chi connectivity index (χ2v) is 3.71. The summed E-state index contributed by atoms with van der Waals surface area (Å²) in [6, 6.07) is 0.532. The SMILES string of the molecule is FC(F)c1cc(OC(F)(F)F)c(CBr)nc1Cl. The summed E-state index contributed by atoms with van der Waals surface area (Å²) in [7, 11) is 0. The highest BCUT2D eigenvalue weighted by Crippen LogP contribution is 2.34. The molecule has 0 aliphatic heterocycles. The molecule has 1 aromatic rings. The minimum atomic E-state index is -4.98. The molecular formula is C8H4BrClF5NO. The molecule has 0 unspecified atom stereocenters. The van der Waals surface area contributed by atoms with Crippen molar-refractivity contribution in [2.45, 2.75) is 18.1 Å². The molecule has 0 spiro atoms. The van der Waals surface area contributed by atoms with Gasteiger partial charge in [0, 0.05) is 5.33 Å². The number of alkyl halides is 6. The van der Waals surface area contributed by atoms with Gasteiger partial charge in [-0.25, -0.2) is 13.8 Å².